The highest BCUT2D eigenvalue weighted by atomic mass is 16.6. The lowest BCUT2D eigenvalue weighted by Crippen LogP contribution is -2.27. The van der Waals surface area contributed by atoms with Crippen molar-refractivity contribution in [2.75, 3.05) is 5.32 Å². The van der Waals surface area contributed by atoms with Crippen LogP contribution in [0.3, 0.4) is 0 Å². The van der Waals surface area contributed by atoms with Crippen LogP contribution in [-0.2, 0) is 0 Å². The van der Waals surface area contributed by atoms with Gasteiger partial charge in [0.15, 0.2) is 0 Å². The van der Waals surface area contributed by atoms with Crippen molar-refractivity contribution in [2.24, 2.45) is 0 Å². The van der Waals surface area contributed by atoms with Gasteiger partial charge in [-0.3, -0.25) is 10.1 Å². The molecule has 1 aliphatic rings. The van der Waals surface area contributed by atoms with E-state index >= 15 is 0 Å². The fourth-order valence-electron chi connectivity index (χ4n) is 1.93. The number of nitrogens with one attached hydrogen (secondary N) is 1. The molecule has 0 heterocycles. The quantitative estimate of drug-likeness (QED) is 0.632. The summed E-state index contributed by atoms with van der Waals surface area (Å²) in [6, 6.07) is 2.86. The Morgan fingerprint density at radius 3 is 2.61 bits per heavy atom. The number of rotatable bonds is 4. The summed E-state index contributed by atoms with van der Waals surface area (Å²) < 4.78 is 0. The number of nitrogens with zero attached hydrogens (tertiary/aromatic N) is 1. The Morgan fingerprint density at radius 1 is 1.50 bits per heavy atom. The number of anilines is 1. The van der Waals surface area contributed by atoms with Gasteiger partial charge in [0, 0.05) is 23.4 Å². The van der Waals surface area contributed by atoms with Gasteiger partial charge in [-0.2, -0.15) is 0 Å². The van der Waals surface area contributed by atoms with Gasteiger partial charge in [0.05, 0.1) is 10.5 Å². The van der Waals surface area contributed by atoms with Gasteiger partial charge in [0.2, 0.25) is 0 Å². The Bertz CT molecular complexity index is 509. The molecule has 0 aliphatic heterocycles. The van der Waals surface area contributed by atoms with Gasteiger partial charge in [-0.05, 0) is 32.3 Å². The molecule has 0 bridgehead atoms. The number of benzene rings is 1. The monoisotopic (exact) mass is 250 g/mol. The molecule has 2 rings (SSSR count). The molecule has 18 heavy (non-hydrogen) atoms. The van der Waals surface area contributed by atoms with Crippen LogP contribution < -0.4 is 5.32 Å². The largest absolute Gasteiger partial charge is 0.478 e. The minimum Gasteiger partial charge on any atom is -0.478 e. The van der Waals surface area contributed by atoms with Crippen LogP contribution in [0, 0.1) is 17.0 Å². The predicted octanol–water partition coefficient (Wildman–Crippen LogP) is 2.57. The van der Waals surface area contributed by atoms with E-state index in [2.05, 4.69) is 5.32 Å². The first kappa shape index (κ1) is 12.3. The highest BCUT2D eigenvalue weighted by Crippen LogP contribution is 2.31. The topological polar surface area (TPSA) is 92.5 Å². The van der Waals surface area contributed by atoms with Crippen LogP contribution in [0.15, 0.2) is 12.1 Å². The van der Waals surface area contributed by atoms with Crippen molar-refractivity contribution in [1.29, 1.82) is 0 Å². The number of hydrogen-bond acceptors (Lipinski definition) is 4. The lowest BCUT2D eigenvalue weighted by atomic mass is 9.92. The van der Waals surface area contributed by atoms with E-state index < -0.39 is 10.9 Å². The summed E-state index contributed by atoms with van der Waals surface area (Å²) in [6.07, 6.45) is 3.17. The zero-order valence-electron chi connectivity index (χ0n) is 9.97. The van der Waals surface area contributed by atoms with Crippen LogP contribution in [0.25, 0.3) is 0 Å². The van der Waals surface area contributed by atoms with E-state index in [-0.39, 0.29) is 11.3 Å². The smallest absolute Gasteiger partial charge is 0.336 e. The SMILES string of the molecule is Cc1c(NC2CCC2)cc(C(=O)O)cc1[N+](=O)[O-]. The highest BCUT2D eigenvalue weighted by Gasteiger charge is 2.23. The number of aromatic carboxylic acids is 1. The van der Waals surface area contributed by atoms with E-state index in [1.807, 2.05) is 0 Å². The molecule has 0 radical (unpaired) electrons. The minimum absolute atomic E-state index is 0.0610. The number of carbonyl (C=O) groups is 1. The molecule has 0 aromatic heterocycles. The maximum atomic E-state index is 11.0. The first-order valence-corrected chi connectivity index (χ1v) is 5.78. The second-order valence-electron chi connectivity index (χ2n) is 4.50. The van der Waals surface area contributed by atoms with E-state index in [0.717, 1.165) is 25.3 Å². The molecule has 1 aromatic rings. The molecule has 1 aliphatic carbocycles. The summed E-state index contributed by atoms with van der Waals surface area (Å²) in [6.45, 7) is 1.63. The van der Waals surface area contributed by atoms with Crippen molar-refractivity contribution < 1.29 is 14.8 Å². The van der Waals surface area contributed by atoms with E-state index in [0.29, 0.717) is 17.3 Å². The van der Waals surface area contributed by atoms with Gasteiger partial charge in [-0.15, -0.1) is 0 Å². The molecule has 1 aromatic carbocycles. The van der Waals surface area contributed by atoms with Crippen LogP contribution in [0.4, 0.5) is 11.4 Å². The Labute approximate surface area is 104 Å². The fourth-order valence-corrected chi connectivity index (χ4v) is 1.93. The second kappa shape index (κ2) is 4.64. The Kier molecular flexibility index (Phi) is 3.18. The average molecular weight is 250 g/mol. The van der Waals surface area contributed by atoms with Crippen LogP contribution in [0.5, 0.6) is 0 Å². The molecule has 1 fully saturated rings. The van der Waals surface area contributed by atoms with Crippen molar-refractivity contribution in [3.63, 3.8) is 0 Å². The van der Waals surface area contributed by atoms with E-state index in [1.54, 1.807) is 6.92 Å². The third-order valence-corrected chi connectivity index (χ3v) is 3.29. The van der Waals surface area contributed by atoms with Gasteiger partial charge in [-0.1, -0.05) is 0 Å². The maximum Gasteiger partial charge on any atom is 0.336 e. The maximum absolute atomic E-state index is 11.0. The third-order valence-electron chi connectivity index (χ3n) is 3.29. The molecule has 0 atom stereocenters. The lowest BCUT2D eigenvalue weighted by molar-refractivity contribution is -0.385. The Balaban J connectivity index is 2.41. The standard InChI is InChI=1S/C12H14N2O4/c1-7-10(13-9-3-2-4-9)5-8(12(15)16)6-11(7)14(17)18/h5-6,9,13H,2-4H2,1H3,(H,15,16). The van der Waals surface area contributed by atoms with E-state index in [4.69, 9.17) is 5.11 Å². The number of hydrogen-bond donors (Lipinski definition) is 2. The van der Waals surface area contributed by atoms with Crippen molar-refractivity contribution in [2.45, 2.75) is 32.2 Å². The first-order chi connectivity index (χ1) is 8.49. The van der Waals surface area contributed by atoms with Gasteiger partial charge in [0.1, 0.15) is 0 Å². The highest BCUT2D eigenvalue weighted by molar-refractivity contribution is 5.90. The third kappa shape index (κ3) is 2.27. The number of carboxylic acid groups (broad SMARTS) is 1. The summed E-state index contributed by atoms with van der Waals surface area (Å²) in [5, 5.41) is 23.0. The molecule has 0 saturated heterocycles. The van der Waals surface area contributed by atoms with E-state index in [1.165, 1.54) is 6.07 Å². The molecule has 6 heteroatoms. The second-order valence-corrected chi connectivity index (χ2v) is 4.50. The zero-order chi connectivity index (χ0) is 13.3. The predicted molar refractivity (Wildman–Crippen MR) is 66.1 cm³/mol. The average Bonchev–Trinajstić information content (AvgIpc) is 2.24. The number of nitro benzene ring substituents is 1. The normalized spacial score (nSPS) is 14.9. The first-order valence-electron chi connectivity index (χ1n) is 5.78. The van der Waals surface area contributed by atoms with Crippen molar-refractivity contribution >= 4 is 17.3 Å². The summed E-state index contributed by atoms with van der Waals surface area (Å²) in [4.78, 5) is 21.3. The molecular formula is C12H14N2O4. The van der Waals surface area contributed by atoms with Gasteiger partial charge in [-0.25, -0.2) is 4.79 Å². The van der Waals surface area contributed by atoms with Crippen LogP contribution in [-0.4, -0.2) is 22.0 Å². The van der Waals surface area contributed by atoms with Crippen LogP contribution in [0.1, 0.15) is 35.2 Å². The molecule has 0 amide bonds. The van der Waals surface area contributed by atoms with Crippen LogP contribution in [0.2, 0.25) is 0 Å². The zero-order valence-corrected chi connectivity index (χ0v) is 9.97. The number of carboxylic acids is 1. The summed E-state index contributed by atoms with van der Waals surface area (Å²) in [7, 11) is 0. The summed E-state index contributed by atoms with van der Waals surface area (Å²) in [5.41, 5.74) is 0.814. The molecular weight excluding hydrogens is 236 g/mol. The fraction of sp³-hybridized carbons (Fsp3) is 0.417. The summed E-state index contributed by atoms with van der Waals surface area (Å²) >= 11 is 0. The molecule has 1 saturated carbocycles. The van der Waals surface area contributed by atoms with Gasteiger partial charge >= 0.3 is 5.97 Å². The minimum atomic E-state index is -1.16. The van der Waals surface area contributed by atoms with E-state index in [9.17, 15) is 14.9 Å². The van der Waals surface area contributed by atoms with Crippen molar-refractivity contribution in [1.82, 2.24) is 0 Å². The Hall–Kier alpha value is -2.11. The molecule has 0 spiro atoms. The van der Waals surface area contributed by atoms with Crippen molar-refractivity contribution in [3.05, 3.63) is 33.4 Å². The molecule has 2 N–H and O–H groups in total. The Morgan fingerprint density at radius 2 is 2.17 bits per heavy atom. The lowest BCUT2D eigenvalue weighted by Gasteiger charge is -2.28. The van der Waals surface area contributed by atoms with Crippen molar-refractivity contribution in [3.8, 4) is 0 Å². The number of nitro groups is 1. The van der Waals surface area contributed by atoms with Gasteiger partial charge < -0.3 is 10.4 Å². The molecule has 0 unspecified atom stereocenters. The summed E-state index contributed by atoms with van der Waals surface area (Å²) in [5.74, 6) is -1.16. The van der Waals surface area contributed by atoms with Crippen LogP contribution >= 0.6 is 0 Å². The molecule has 6 nitrogen and oxygen atoms in total. The molecule has 96 valence electrons. The van der Waals surface area contributed by atoms with Gasteiger partial charge in [0.25, 0.3) is 5.69 Å².